The number of carbonyl (C=O) groups is 2. The molecular weight excluding hydrogens is 472 g/mol. The first-order valence-electron chi connectivity index (χ1n) is 12.2. The van der Waals surface area contributed by atoms with E-state index in [1.165, 1.54) is 40.3 Å². The van der Waals surface area contributed by atoms with Crippen molar-refractivity contribution in [1.29, 1.82) is 0 Å². The molecule has 0 aliphatic carbocycles. The van der Waals surface area contributed by atoms with Crippen LogP contribution in [-0.2, 0) is 0 Å². The van der Waals surface area contributed by atoms with Crippen LogP contribution in [0.4, 0.5) is 21.9 Å². The van der Waals surface area contributed by atoms with Crippen molar-refractivity contribution in [1.82, 2.24) is 0 Å². The van der Waals surface area contributed by atoms with Crippen LogP contribution in [0.1, 0.15) is 63.7 Å². The fourth-order valence-corrected chi connectivity index (χ4v) is 4.29. The maximum Gasteiger partial charge on any atom is 0.416 e. The van der Waals surface area contributed by atoms with Gasteiger partial charge in [0.25, 0.3) is 5.91 Å². The average molecular weight is 507 g/mol. The Balaban J connectivity index is 1.93. The molecule has 8 heteroatoms. The van der Waals surface area contributed by atoms with Crippen molar-refractivity contribution in [2.24, 2.45) is 0 Å². The Labute approximate surface area is 217 Å². The van der Waals surface area contributed by atoms with Gasteiger partial charge >= 0.3 is 6.09 Å². The number of carboxylic acid groups (broad SMARTS) is 1. The maximum absolute atomic E-state index is 13.6. The summed E-state index contributed by atoms with van der Waals surface area (Å²) in [6, 6.07) is 6.37. The number of benzene rings is 2. The summed E-state index contributed by atoms with van der Waals surface area (Å²) in [7, 11) is 0. The Bertz CT molecular complexity index is 1290. The minimum Gasteiger partial charge on any atom is -0.508 e. The summed E-state index contributed by atoms with van der Waals surface area (Å²) in [5.41, 5.74) is 3.15. The van der Waals surface area contributed by atoms with Crippen molar-refractivity contribution in [2.75, 3.05) is 16.3 Å². The number of hydrogen-bond donors (Lipinski definition) is 4. The third kappa shape index (κ3) is 6.33. The number of para-hydroxylation sites is 1. The lowest BCUT2D eigenvalue weighted by atomic mass is 10.1. The van der Waals surface area contributed by atoms with E-state index in [0.29, 0.717) is 4.90 Å². The molecule has 0 atom stereocenters. The van der Waals surface area contributed by atoms with Gasteiger partial charge in [-0.05, 0) is 65.5 Å². The maximum atomic E-state index is 13.6. The Hall–Kier alpha value is -4.20. The average Bonchev–Trinajstić information content (AvgIpc) is 2.91. The fourth-order valence-electron chi connectivity index (χ4n) is 4.29. The van der Waals surface area contributed by atoms with E-state index < -0.39 is 23.5 Å². The number of phenolic OH excluding ortho intramolecular Hbond substituents is 3. The highest BCUT2D eigenvalue weighted by atomic mass is 16.4. The molecule has 0 fully saturated rings. The predicted molar refractivity (Wildman–Crippen MR) is 145 cm³/mol. The van der Waals surface area contributed by atoms with Crippen molar-refractivity contribution < 1.29 is 30.0 Å². The van der Waals surface area contributed by atoms with Crippen LogP contribution < -0.4 is 9.80 Å². The molecule has 2 aromatic carbocycles. The fraction of sp³-hybridized carbons (Fsp3) is 0.310. The smallest absolute Gasteiger partial charge is 0.416 e. The second-order valence-electron chi connectivity index (χ2n) is 9.50. The summed E-state index contributed by atoms with van der Waals surface area (Å²) < 4.78 is 0. The van der Waals surface area contributed by atoms with Crippen LogP contribution >= 0.6 is 0 Å². The number of anilines is 3. The van der Waals surface area contributed by atoms with Gasteiger partial charge in [0.05, 0.1) is 11.3 Å². The van der Waals surface area contributed by atoms with Crippen LogP contribution in [-0.4, -0.2) is 39.0 Å². The first kappa shape index (κ1) is 27.4. The van der Waals surface area contributed by atoms with Crippen molar-refractivity contribution in [3.63, 3.8) is 0 Å². The third-order valence-electron chi connectivity index (χ3n) is 6.22. The molecule has 0 saturated carbocycles. The van der Waals surface area contributed by atoms with Gasteiger partial charge in [-0.3, -0.25) is 4.79 Å². The van der Waals surface area contributed by atoms with Crippen LogP contribution in [0.3, 0.4) is 0 Å². The number of nitrogens with zero attached hydrogens (tertiary/aromatic N) is 2. The van der Waals surface area contributed by atoms with E-state index in [-0.39, 0.29) is 34.9 Å². The van der Waals surface area contributed by atoms with Gasteiger partial charge in [-0.1, -0.05) is 41.0 Å². The molecule has 1 aliphatic heterocycles. The molecule has 1 aliphatic rings. The third-order valence-corrected chi connectivity index (χ3v) is 6.22. The molecule has 0 aromatic heterocycles. The number of phenols is 3. The van der Waals surface area contributed by atoms with Crippen LogP contribution in [0.15, 0.2) is 65.3 Å². The Morgan fingerprint density at radius 1 is 0.865 bits per heavy atom. The van der Waals surface area contributed by atoms with Crippen molar-refractivity contribution in [3.8, 4) is 17.2 Å². The van der Waals surface area contributed by atoms with Gasteiger partial charge in [0.1, 0.15) is 28.6 Å². The van der Waals surface area contributed by atoms with Crippen LogP contribution in [0.5, 0.6) is 17.2 Å². The van der Waals surface area contributed by atoms with Crippen molar-refractivity contribution in [3.05, 3.63) is 70.8 Å². The molecular formula is C29H34N2O6. The molecule has 0 spiro atoms. The molecule has 2 aromatic rings. The molecule has 4 N–H and O–H groups in total. The number of fused-ring (bicyclic) bond motifs is 2. The molecule has 0 radical (unpaired) electrons. The number of carbonyl (C=O) groups excluding carboxylic acids is 1. The number of hydrogen-bond acceptors (Lipinski definition) is 5. The highest BCUT2D eigenvalue weighted by molar-refractivity contribution is 6.19. The molecule has 0 bridgehead atoms. The lowest BCUT2D eigenvalue weighted by molar-refractivity contribution is 0.0990. The quantitative estimate of drug-likeness (QED) is 0.286. The van der Waals surface area contributed by atoms with Gasteiger partial charge in [0, 0.05) is 18.7 Å². The zero-order valence-corrected chi connectivity index (χ0v) is 21.7. The van der Waals surface area contributed by atoms with E-state index in [9.17, 15) is 30.0 Å². The first-order chi connectivity index (χ1) is 17.5. The Kier molecular flexibility index (Phi) is 8.65. The largest absolute Gasteiger partial charge is 0.508 e. The summed E-state index contributed by atoms with van der Waals surface area (Å²) >= 11 is 0. The zero-order chi connectivity index (χ0) is 27.3. The SMILES string of the molecule is CC(C)=CCC/C(C)=C/CC/C(C)=C/CN1C(=O)c2cccc(O)c2N(C(=O)O)c2c(O)cc(O)cc21. The predicted octanol–water partition coefficient (Wildman–Crippen LogP) is 7.00. The minimum atomic E-state index is -1.50. The van der Waals surface area contributed by atoms with Gasteiger partial charge in [-0.25, -0.2) is 9.69 Å². The van der Waals surface area contributed by atoms with E-state index in [2.05, 4.69) is 32.9 Å². The molecule has 8 nitrogen and oxygen atoms in total. The van der Waals surface area contributed by atoms with E-state index in [0.717, 1.165) is 37.3 Å². The molecule has 1 heterocycles. The summed E-state index contributed by atoms with van der Waals surface area (Å²) in [5, 5.41) is 41.3. The number of rotatable bonds is 8. The van der Waals surface area contributed by atoms with E-state index >= 15 is 0 Å². The minimum absolute atomic E-state index is 0.0135. The van der Waals surface area contributed by atoms with Crippen LogP contribution in [0, 0.1) is 0 Å². The lowest BCUT2D eigenvalue weighted by Gasteiger charge is -2.25. The first-order valence-corrected chi connectivity index (χ1v) is 12.2. The highest BCUT2D eigenvalue weighted by Gasteiger charge is 2.37. The summed E-state index contributed by atoms with van der Waals surface area (Å²) in [4.78, 5) is 27.8. The van der Waals surface area contributed by atoms with E-state index in [1.54, 1.807) is 0 Å². The van der Waals surface area contributed by atoms with E-state index in [1.807, 2.05) is 13.0 Å². The summed E-state index contributed by atoms with van der Waals surface area (Å²) in [6.45, 7) is 8.32. The monoisotopic (exact) mass is 506 g/mol. The molecule has 196 valence electrons. The standard InChI is InChI=1S/C29H34N2O6/c1-18(2)8-5-9-19(3)10-6-11-20(4)14-15-30-23-16-21(32)17-25(34)27(23)31(29(36)37)26-22(28(30)35)12-7-13-24(26)33/h7-8,10,12-14,16-17,32-34H,5-6,9,11,15H2,1-4H3,(H,36,37)/b19-10+,20-14+. The van der Waals surface area contributed by atoms with Gasteiger partial charge in [-0.2, -0.15) is 0 Å². The summed E-state index contributed by atoms with van der Waals surface area (Å²) in [6.07, 6.45) is 8.44. The topological polar surface area (TPSA) is 122 Å². The second kappa shape index (κ2) is 11.7. The zero-order valence-electron chi connectivity index (χ0n) is 21.7. The van der Waals surface area contributed by atoms with Gasteiger partial charge < -0.3 is 25.3 Å². The molecule has 3 rings (SSSR count). The Morgan fingerprint density at radius 3 is 2.16 bits per heavy atom. The van der Waals surface area contributed by atoms with Crippen molar-refractivity contribution in [2.45, 2.75) is 53.4 Å². The molecule has 37 heavy (non-hydrogen) atoms. The Morgan fingerprint density at radius 2 is 1.51 bits per heavy atom. The number of aromatic hydroxyl groups is 3. The van der Waals surface area contributed by atoms with Crippen LogP contribution in [0.2, 0.25) is 0 Å². The van der Waals surface area contributed by atoms with Gasteiger partial charge in [-0.15, -0.1) is 0 Å². The number of amides is 2. The highest BCUT2D eigenvalue weighted by Crippen LogP contribution is 2.50. The molecule has 0 saturated heterocycles. The lowest BCUT2D eigenvalue weighted by Crippen LogP contribution is -2.30. The molecule has 0 unspecified atom stereocenters. The van der Waals surface area contributed by atoms with Gasteiger partial charge in [0.2, 0.25) is 0 Å². The normalized spacial score (nSPS) is 13.7. The second-order valence-corrected chi connectivity index (χ2v) is 9.50. The molecule has 2 amide bonds. The van der Waals surface area contributed by atoms with E-state index in [4.69, 9.17) is 0 Å². The van der Waals surface area contributed by atoms with Gasteiger partial charge in [0.15, 0.2) is 0 Å². The van der Waals surface area contributed by atoms with Crippen LogP contribution in [0.25, 0.3) is 0 Å². The number of allylic oxidation sites excluding steroid dienone is 5. The van der Waals surface area contributed by atoms with Crippen molar-refractivity contribution >= 4 is 29.1 Å². The summed E-state index contributed by atoms with van der Waals surface area (Å²) in [5.74, 6) is -1.86.